The van der Waals surface area contributed by atoms with Crippen LogP contribution in [0, 0.1) is 10.7 Å². The molecule has 90 valence electrons. The first-order valence-electron chi connectivity index (χ1n) is 5.35. The van der Waals surface area contributed by atoms with Gasteiger partial charge in [-0.05, 0) is 30.3 Å². The molecule has 17 heavy (non-hydrogen) atoms. The summed E-state index contributed by atoms with van der Waals surface area (Å²) in [5.41, 5.74) is 0.766. The minimum atomic E-state index is 0.491. The van der Waals surface area contributed by atoms with Crippen LogP contribution in [0.3, 0.4) is 0 Å². The van der Waals surface area contributed by atoms with Crippen molar-refractivity contribution in [2.24, 2.45) is 5.92 Å². The van der Waals surface area contributed by atoms with Crippen LogP contribution in [-0.4, -0.2) is 19.7 Å². The number of nitrogens with one attached hydrogen (secondary N) is 1. The fourth-order valence-corrected chi connectivity index (χ4v) is 1.87. The Morgan fingerprint density at radius 3 is 2.82 bits per heavy atom. The van der Waals surface area contributed by atoms with Gasteiger partial charge in [0, 0.05) is 12.7 Å². The van der Waals surface area contributed by atoms with E-state index in [-0.39, 0.29) is 0 Å². The van der Waals surface area contributed by atoms with Crippen molar-refractivity contribution in [3.05, 3.63) is 28.1 Å². The number of aromatic amines is 1. The van der Waals surface area contributed by atoms with Crippen molar-refractivity contribution >= 4 is 23.8 Å². The SMILES string of the molecule is CC(C)Cn1c(-c2ccc(Cl)cn2)n[nH]c1=S. The largest absolute Gasteiger partial charge is 0.299 e. The van der Waals surface area contributed by atoms with Gasteiger partial charge in [-0.3, -0.25) is 14.6 Å². The van der Waals surface area contributed by atoms with Crippen LogP contribution < -0.4 is 0 Å². The molecular formula is C11H13ClN4S. The number of pyridine rings is 1. The van der Waals surface area contributed by atoms with E-state index in [0.717, 1.165) is 18.1 Å². The Kier molecular flexibility index (Phi) is 3.59. The summed E-state index contributed by atoms with van der Waals surface area (Å²) in [6, 6.07) is 3.63. The summed E-state index contributed by atoms with van der Waals surface area (Å²) >= 11 is 11.0. The van der Waals surface area contributed by atoms with Crippen molar-refractivity contribution in [1.29, 1.82) is 0 Å². The first-order chi connectivity index (χ1) is 8.08. The molecule has 0 saturated heterocycles. The highest BCUT2D eigenvalue weighted by Gasteiger charge is 2.10. The molecule has 6 heteroatoms. The Labute approximate surface area is 110 Å². The zero-order chi connectivity index (χ0) is 12.4. The summed E-state index contributed by atoms with van der Waals surface area (Å²) in [5, 5.41) is 7.62. The van der Waals surface area contributed by atoms with Crippen molar-refractivity contribution in [2.75, 3.05) is 0 Å². The van der Waals surface area contributed by atoms with Crippen molar-refractivity contribution < 1.29 is 0 Å². The molecule has 2 heterocycles. The van der Waals surface area contributed by atoms with Gasteiger partial charge in [0.25, 0.3) is 0 Å². The average molecular weight is 269 g/mol. The minimum Gasteiger partial charge on any atom is -0.299 e. The second-order valence-electron chi connectivity index (χ2n) is 4.22. The molecule has 0 aliphatic heterocycles. The van der Waals surface area contributed by atoms with E-state index in [9.17, 15) is 0 Å². The molecule has 0 unspecified atom stereocenters. The first-order valence-corrected chi connectivity index (χ1v) is 6.13. The second kappa shape index (κ2) is 4.98. The van der Waals surface area contributed by atoms with Gasteiger partial charge in [-0.15, -0.1) is 0 Å². The zero-order valence-corrected chi connectivity index (χ0v) is 11.2. The van der Waals surface area contributed by atoms with Gasteiger partial charge in [0.05, 0.1) is 5.02 Å². The van der Waals surface area contributed by atoms with Crippen LogP contribution in [0.25, 0.3) is 11.5 Å². The Hall–Kier alpha value is -1.20. The second-order valence-corrected chi connectivity index (χ2v) is 5.04. The third-order valence-corrected chi connectivity index (χ3v) is 2.80. The summed E-state index contributed by atoms with van der Waals surface area (Å²) in [6.07, 6.45) is 1.61. The number of aromatic nitrogens is 4. The molecule has 2 rings (SSSR count). The molecule has 0 aliphatic rings. The zero-order valence-electron chi connectivity index (χ0n) is 9.64. The molecule has 2 aromatic heterocycles. The Bertz CT molecular complexity index is 556. The molecule has 0 aromatic carbocycles. The molecule has 0 saturated carbocycles. The van der Waals surface area contributed by atoms with Crippen LogP contribution >= 0.6 is 23.8 Å². The average Bonchev–Trinajstić information content (AvgIpc) is 2.61. The van der Waals surface area contributed by atoms with Crippen LogP contribution in [0.1, 0.15) is 13.8 Å². The van der Waals surface area contributed by atoms with E-state index in [4.69, 9.17) is 23.8 Å². The van der Waals surface area contributed by atoms with Gasteiger partial charge in [-0.25, -0.2) is 0 Å². The minimum absolute atomic E-state index is 0.491. The maximum absolute atomic E-state index is 5.81. The van der Waals surface area contributed by atoms with E-state index < -0.39 is 0 Å². The van der Waals surface area contributed by atoms with Gasteiger partial charge in [0.15, 0.2) is 10.6 Å². The van der Waals surface area contributed by atoms with Crippen LogP contribution in [0.2, 0.25) is 5.02 Å². The predicted molar refractivity (Wildman–Crippen MR) is 70.5 cm³/mol. The maximum Gasteiger partial charge on any atom is 0.195 e. The molecule has 2 aromatic rings. The Morgan fingerprint density at radius 2 is 2.24 bits per heavy atom. The van der Waals surface area contributed by atoms with Gasteiger partial charge in [-0.1, -0.05) is 25.4 Å². The third kappa shape index (κ3) is 2.73. The first kappa shape index (κ1) is 12.3. The van der Waals surface area contributed by atoms with Crippen molar-refractivity contribution in [3.63, 3.8) is 0 Å². The fraction of sp³-hybridized carbons (Fsp3) is 0.364. The molecule has 0 fully saturated rings. The molecule has 1 N–H and O–H groups in total. The monoisotopic (exact) mass is 268 g/mol. The van der Waals surface area contributed by atoms with Crippen molar-refractivity contribution in [3.8, 4) is 11.5 Å². The highest BCUT2D eigenvalue weighted by molar-refractivity contribution is 7.71. The number of rotatable bonds is 3. The van der Waals surface area contributed by atoms with Crippen LogP contribution in [-0.2, 0) is 6.54 Å². The van der Waals surface area contributed by atoms with Crippen LogP contribution in [0.4, 0.5) is 0 Å². The molecule has 0 bridgehead atoms. The molecule has 0 atom stereocenters. The molecular weight excluding hydrogens is 256 g/mol. The molecule has 0 aliphatic carbocycles. The molecule has 0 amide bonds. The van der Waals surface area contributed by atoms with E-state index in [2.05, 4.69) is 29.0 Å². The van der Waals surface area contributed by atoms with Crippen molar-refractivity contribution in [1.82, 2.24) is 19.7 Å². The highest BCUT2D eigenvalue weighted by atomic mass is 35.5. The van der Waals surface area contributed by atoms with Crippen LogP contribution in [0.5, 0.6) is 0 Å². The van der Waals surface area contributed by atoms with E-state index in [1.54, 1.807) is 12.3 Å². The number of hydrogen-bond donors (Lipinski definition) is 1. The number of H-pyrrole nitrogens is 1. The van der Waals surface area contributed by atoms with Crippen LogP contribution in [0.15, 0.2) is 18.3 Å². The lowest BCUT2D eigenvalue weighted by atomic mass is 10.2. The van der Waals surface area contributed by atoms with Gasteiger partial charge in [-0.2, -0.15) is 5.10 Å². The summed E-state index contributed by atoms with van der Waals surface area (Å²) in [4.78, 5) is 4.25. The predicted octanol–water partition coefficient (Wildman–Crippen LogP) is 3.31. The topological polar surface area (TPSA) is 46.5 Å². The Morgan fingerprint density at radius 1 is 1.47 bits per heavy atom. The molecule has 0 spiro atoms. The number of halogens is 1. The fourth-order valence-electron chi connectivity index (χ4n) is 1.56. The number of nitrogens with zero attached hydrogens (tertiary/aromatic N) is 3. The summed E-state index contributed by atoms with van der Waals surface area (Å²) in [5.74, 6) is 1.24. The van der Waals surface area contributed by atoms with Gasteiger partial charge >= 0.3 is 0 Å². The lowest BCUT2D eigenvalue weighted by molar-refractivity contribution is 0.521. The van der Waals surface area contributed by atoms with E-state index >= 15 is 0 Å². The highest BCUT2D eigenvalue weighted by Crippen LogP contribution is 2.17. The summed E-state index contributed by atoms with van der Waals surface area (Å²) in [7, 11) is 0. The maximum atomic E-state index is 5.81. The van der Waals surface area contributed by atoms with Gasteiger partial charge < -0.3 is 0 Å². The lowest BCUT2D eigenvalue weighted by Gasteiger charge is -2.08. The third-order valence-electron chi connectivity index (χ3n) is 2.26. The smallest absolute Gasteiger partial charge is 0.195 e. The molecule has 4 nitrogen and oxygen atoms in total. The van der Waals surface area contributed by atoms with E-state index in [1.807, 2.05) is 10.6 Å². The summed E-state index contributed by atoms with van der Waals surface area (Å²) < 4.78 is 2.57. The van der Waals surface area contributed by atoms with E-state index in [0.29, 0.717) is 15.7 Å². The normalized spacial score (nSPS) is 11.1. The number of hydrogen-bond acceptors (Lipinski definition) is 3. The quantitative estimate of drug-likeness (QED) is 0.869. The summed E-state index contributed by atoms with van der Waals surface area (Å²) in [6.45, 7) is 5.08. The standard InChI is InChI=1S/C11H13ClN4S/c1-7(2)6-16-10(14-15-11(16)17)9-4-3-8(12)5-13-9/h3-5,7H,6H2,1-2H3,(H,15,17). The van der Waals surface area contributed by atoms with Gasteiger partial charge in [0.2, 0.25) is 0 Å². The lowest BCUT2D eigenvalue weighted by Crippen LogP contribution is -2.06. The van der Waals surface area contributed by atoms with Gasteiger partial charge in [0.1, 0.15) is 5.69 Å². The van der Waals surface area contributed by atoms with E-state index in [1.165, 1.54) is 0 Å². The molecule has 0 radical (unpaired) electrons. The van der Waals surface area contributed by atoms with Crippen molar-refractivity contribution in [2.45, 2.75) is 20.4 Å². The Balaban J connectivity index is 2.45.